The number of methoxy groups -OCH3 is 1. The Labute approximate surface area is 134 Å². The molecule has 0 amide bonds. The van der Waals surface area contributed by atoms with E-state index in [4.69, 9.17) is 4.74 Å². The first-order valence-corrected chi connectivity index (χ1v) is 7.77. The smallest absolute Gasteiger partial charge is 0.140 e. The second-order valence-corrected chi connectivity index (χ2v) is 5.93. The standard InChI is InChI=1S/C17H19N5O/c1-11-5-15-14(6-16(11)23-2)17(19-10-18-15)22-4-3-12-7-20-21-8-13(12)9-22/h5-7,10,21H,3-4,8-9H2,1-2H3. The van der Waals surface area contributed by atoms with Crippen LogP contribution < -0.4 is 15.1 Å². The van der Waals surface area contributed by atoms with E-state index in [9.17, 15) is 0 Å². The summed E-state index contributed by atoms with van der Waals surface area (Å²) in [6.07, 6.45) is 4.59. The quantitative estimate of drug-likeness (QED) is 0.920. The van der Waals surface area contributed by atoms with Crippen LogP contribution in [0.5, 0.6) is 5.75 Å². The van der Waals surface area contributed by atoms with E-state index < -0.39 is 0 Å². The minimum absolute atomic E-state index is 0.813. The lowest BCUT2D eigenvalue weighted by atomic mass is 9.99. The number of aryl methyl sites for hydroxylation is 1. The third-order valence-corrected chi connectivity index (χ3v) is 4.52. The van der Waals surface area contributed by atoms with Gasteiger partial charge in [-0.25, -0.2) is 9.97 Å². The molecule has 3 heterocycles. The predicted molar refractivity (Wildman–Crippen MR) is 91.2 cm³/mol. The van der Waals surface area contributed by atoms with Crippen molar-refractivity contribution in [1.82, 2.24) is 15.4 Å². The number of rotatable bonds is 2. The first kappa shape index (κ1) is 14.0. The van der Waals surface area contributed by atoms with E-state index in [2.05, 4.69) is 31.5 Å². The van der Waals surface area contributed by atoms with E-state index in [0.717, 1.165) is 54.1 Å². The molecule has 23 heavy (non-hydrogen) atoms. The highest BCUT2D eigenvalue weighted by molar-refractivity contribution is 5.92. The van der Waals surface area contributed by atoms with Crippen molar-refractivity contribution in [2.24, 2.45) is 5.10 Å². The molecule has 1 aromatic carbocycles. The number of anilines is 1. The third kappa shape index (κ3) is 2.40. The minimum Gasteiger partial charge on any atom is -0.496 e. The van der Waals surface area contributed by atoms with Crippen molar-refractivity contribution in [3.63, 3.8) is 0 Å². The van der Waals surface area contributed by atoms with Crippen LogP contribution in [-0.2, 0) is 0 Å². The molecule has 0 fully saturated rings. The van der Waals surface area contributed by atoms with Gasteiger partial charge in [-0.2, -0.15) is 5.10 Å². The average molecular weight is 309 g/mol. The molecule has 0 saturated carbocycles. The Bertz CT molecular complexity index is 827. The zero-order valence-electron chi connectivity index (χ0n) is 13.3. The van der Waals surface area contributed by atoms with Crippen LogP contribution in [0.4, 0.5) is 5.82 Å². The Balaban J connectivity index is 1.77. The largest absolute Gasteiger partial charge is 0.496 e. The molecule has 2 aliphatic rings. The second kappa shape index (κ2) is 5.53. The number of nitrogens with zero attached hydrogens (tertiary/aromatic N) is 4. The Kier molecular flexibility index (Phi) is 3.37. The molecule has 0 bridgehead atoms. The van der Waals surface area contributed by atoms with Gasteiger partial charge < -0.3 is 15.1 Å². The maximum atomic E-state index is 5.47. The van der Waals surface area contributed by atoms with E-state index >= 15 is 0 Å². The topological polar surface area (TPSA) is 62.6 Å². The van der Waals surface area contributed by atoms with Gasteiger partial charge in [0.25, 0.3) is 0 Å². The summed E-state index contributed by atoms with van der Waals surface area (Å²) >= 11 is 0. The molecule has 0 aliphatic carbocycles. The lowest BCUT2D eigenvalue weighted by Crippen LogP contribution is -2.37. The molecule has 0 radical (unpaired) electrons. The van der Waals surface area contributed by atoms with Gasteiger partial charge in [-0.05, 0) is 42.2 Å². The van der Waals surface area contributed by atoms with Crippen molar-refractivity contribution < 1.29 is 4.74 Å². The Morgan fingerprint density at radius 1 is 1.26 bits per heavy atom. The van der Waals surface area contributed by atoms with Gasteiger partial charge in [0.2, 0.25) is 0 Å². The third-order valence-electron chi connectivity index (χ3n) is 4.52. The van der Waals surface area contributed by atoms with Crippen molar-refractivity contribution in [2.75, 3.05) is 31.6 Å². The molecule has 1 N–H and O–H groups in total. The highest BCUT2D eigenvalue weighted by Gasteiger charge is 2.22. The van der Waals surface area contributed by atoms with Crippen molar-refractivity contribution >= 4 is 22.9 Å². The first-order valence-electron chi connectivity index (χ1n) is 7.77. The van der Waals surface area contributed by atoms with Gasteiger partial charge in [-0.1, -0.05) is 0 Å². The molecule has 118 valence electrons. The van der Waals surface area contributed by atoms with Crippen LogP contribution in [0, 0.1) is 6.92 Å². The summed E-state index contributed by atoms with van der Waals surface area (Å²) in [7, 11) is 1.70. The molecule has 6 heteroatoms. The molecule has 4 rings (SSSR count). The number of benzene rings is 1. The SMILES string of the molecule is COc1cc2c(N3CCC4=C(CNN=C4)C3)ncnc2cc1C. The monoisotopic (exact) mass is 309 g/mol. The van der Waals surface area contributed by atoms with Crippen molar-refractivity contribution in [3.8, 4) is 5.75 Å². The second-order valence-electron chi connectivity index (χ2n) is 5.93. The number of ether oxygens (including phenoxy) is 1. The van der Waals surface area contributed by atoms with Gasteiger partial charge in [0.1, 0.15) is 17.9 Å². The molecule has 1 aromatic heterocycles. The van der Waals surface area contributed by atoms with E-state index in [-0.39, 0.29) is 0 Å². The molecule has 0 unspecified atom stereocenters. The predicted octanol–water partition coefficient (Wildman–Crippen LogP) is 2.04. The number of hydrazone groups is 1. The van der Waals surface area contributed by atoms with Crippen molar-refractivity contribution in [3.05, 3.63) is 35.2 Å². The minimum atomic E-state index is 0.813. The fourth-order valence-corrected chi connectivity index (χ4v) is 3.26. The molecule has 2 aliphatic heterocycles. The van der Waals surface area contributed by atoms with Crippen LogP contribution in [0.2, 0.25) is 0 Å². The van der Waals surface area contributed by atoms with Crippen LogP contribution in [0.1, 0.15) is 12.0 Å². The van der Waals surface area contributed by atoms with Gasteiger partial charge in [-0.15, -0.1) is 0 Å². The summed E-state index contributed by atoms with van der Waals surface area (Å²) in [5.41, 5.74) is 7.83. The van der Waals surface area contributed by atoms with Crippen molar-refractivity contribution in [1.29, 1.82) is 0 Å². The number of nitrogens with one attached hydrogen (secondary N) is 1. The molecule has 2 aromatic rings. The lowest BCUT2D eigenvalue weighted by Gasteiger charge is -2.32. The normalized spacial score (nSPS) is 17.2. The zero-order chi connectivity index (χ0) is 15.8. The van der Waals surface area contributed by atoms with Crippen LogP contribution >= 0.6 is 0 Å². The van der Waals surface area contributed by atoms with E-state index in [1.54, 1.807) is 13.4 Å². The Morgan fingerprint density at radius 3 is 3.04 bits per heavy atom. The van der Waals surface area contributed by atoms with Gasteiger partial charge in [0, 0.05) is 18.5 Å². The lowest BCUT2D eigenvalue weighted by molar-refractivity contribution is 0.412. The number of fused-ring (bicyclic) bond motifs is 1. The molecular formula is C17H19N5O. The summed E-state index contributed by atoms with van der Waals surface area (Å²) in [6, 6.07) is 4.10. The maximum Gasteiger partial charge on any atom is 0.140 e. The van der Waals surface area contributed by atoms with Gasteiger partial charge in [-0.3, -0.25) is 0 Å². The fraction of sp³-hybridized carbons (Fsp3) is 0.353. The molecule has 0 saturated heterocycles. The maximum absolute atomic E-state index is 5.47. The highest BCUT2D eigenvalue weighted by Crippen LogP contribution is 2.31. The molecule has 0 atom stereocenters. The summed E-state index contributed by atoms with van der Waals surface area (Å²) < 4.78 is 5.47. The van der Waals surface area contributed by atoms with E-state index in [0.29, 0.717) is 0 Å². The zero-order valence-corrected chi connectivity index (χ0v) is 13.3. The van der Waals surface area contributed by atoms with E-state index in [1.807, 2.05) is 19.2 Å². The highest BCUT2D eigenvalue weighted by atomic mass is 16.5. The van der Waals surface area contributed by atoms with Gasteiger partial charge in [0.05, 0.1) is 25.4 Å². The number of hydrogen-bond acceptors (Lipinski definition) is 6. The molecule has 0 spiro atoms. The van der Waals surface area contributed by atoms with Crippen molar-refractivity contribution in [2.45, 2.75) is 13.3 Å². The molecular weight excluding hydrogens is 290 g/mol. The summed E-state index contributed by atoms with van der Waals surface area (Å²) in [6.45, 7) is 4.66. The van der Waals surface area contributed by atoms with Crippen LogP contribution in [0.25, 0.3) is 10.9 Å². The summed E-state index contributed by atoms with van der Waals surface area (Å²) in [4.78, 5) is 11.3. The van der Waals surface area contributed by atoms with Gasteiger partial charge in [0.15, 0.2) is 0 Å². The van der Waals surface area contributed by atoms with Crippen LogP contribution in [0.3, 0.4) is 0 Å². The first-order chi connectivity index (χ1) is 11.3. The van der Waals surface area contributed by atoms with Crippen LogP contribution in [0.15, 0.2) is 34.7 Å². The Hall–Kier alpha value is -2.63. The van der Waals surface area contributed by atoms with Crippen LogP contribution in [-0.4, -0.2) is 42.9 Å². The average Bonchev–Trinajstić information content (AvgIpc) is 2.60. The Morgan fingerprint density at radius 2 is 2.17 bits per heavy atom. The van der Waals surface area contributed by atoms with E-state index in [1.165, 1.54) is 11.1 Å². The number of hydrogen-bond donors (Lipinski definition) is 1. The molecule has 6 nitrogen and oxygen atoms in total. The van der Waals surface area contributed by atoms with Gasteiger partial charge >= 0.3 is 0 Å². The summed E-state index contributed by atoms with van der Waals surface area (Å²) in [5.74, 6) is 1.85. The number of aromatic nitrogens is 2. The summed E-state index contributed by atoms with van der Waals surface area (Å²) in [5, 5.41) is 5.19. The fourth-order valence-electron chi connectivity index (χ4n) is 3.26.